The van der Waals surface area contributed by atoms with Crippen molar-refractivity contribution in [2.24, 2.45) is 5.41 Å². The van der Waals surface area contributed by atoms with Gasteiger partial charge < -0.3 is 14.7 Å². The van der Waals surface area contributed by atoms with Crippen LogP contribution in [0, 0.1) is 5.41 Å². The number of hydrogen-bond donors (Lipinski definition) is 1. The Morgan fingerprint density at radius 3 is 2.47 bits per heavy atom. The van der Waals surface area contributed by atoms with Gasteiger partial charge in [0.15, 0.2) is 0 Å². The Labute approximate surface area is 118 Å². The molecule has 0 amide bonds. The summed E-state index contributed by atoms with van der Waals surface area (Å²) in [6.07, 6.45) is 8.02. The molecule has 1 N–H and O–H groups in total. The first kappa shape index (κ1) is 15.3. The van der Waals surface area contributed by atoms with E-state index in [1.165, 1.54) is 45.1 Å². The standard InChI is InChI=1S/C16H31NO2/c1-15(2,3)19-12-14(18)11-17-10-9-16(13-17)7-5-4-6-8-16/h14,18H,4-13H2,1-3H3. The molecule has 2 aliphatic rings. The third kappa shape index (κ3) is 4.73. The second kappa shape index (κ2) is 6.11. The molecule has 1 saturated heterocycles. The predicted molar refractivity (Wildman–Crippen MR) is 78.3 cm³/mol. The quantitative estimate of drug-likeness (QED) is 0.852. The second-order valence-electron chi connectivity index (χ2n) is 7.62. The van der Waals surface area contributed by atoms with Crippen molar-refractivity contribution >= 4 is 0 Å². The molecule has 19 heavy (non-hydrogen) atoms. The number of aliphatic hydroxyl groups excluding tert-OH is 1. The first-order chi connectivity index (χ1) is 8.89. The van der Waals surface area contributed by atoms with Gasteiger partial charge in [-0.25, -0.2) is 0 Å². The summed E-state index contributed by atoms with van der Waals surface area (Å²) in [5.41, 5.74) is 0.430. The third-order valence-electron chi connectivity index (χ3n) is 4.61. The molecule has 1 atom stereocenters. The lowest BCUT2D eigenvalue weighted by Crippen LogP contribution is -2.37. The van der Waals surface area contributed by atoms with Crippen molar-refractivity contribution in [2.45, 2.75) is 71.0 Å². The fourth-order valence-corrected chi connectivity index (χ4v) is 3.59. The molecule has 112 valence electrons. The van der Waals surface area contributed by atoms with E-state index < -0.39 is 0 Å². The van der Waals surface area contributed by atoms with Crippen LogP contribution in [-0.2, 0) is 4.74 Å². The Morgan fingerprint density at radius 1 is 1.16 bits per heavy atom. The monoisotopic (exact) mass is 269 g/mol. The molecule has 1 saturated carbocycles. The van der Waals surface area contributed by atoms with Gasteiger partial charge in [0.25, 0.3) is 0 Å². The lowest BCUT2D eigenvalue weighted by Gasteiger charge is -2.33. The van der Waals surface area contributed by atoms with E-state index in [0.717, 1.165) is 13.1 Å². The minimum absolute atomic E-state index is 0.156. The lowest BCUT2D eigenvalue weighted by molar-refractivity contribution is -0.0554. The van der Waals surface area contributed by atoms with Gasteiger partial charge in [-0.15, -0.1) is 0 Å². The summed E-state index contributed by atoms with van der Waals surface area (Å²) in [5, 5.41) is 10.1. The summed E-state index contributed by atoms with van der Waals surface area (Å²) in [6.45, 7) is 9.68. The summed E-state index contributed by atoms with van der Waals surface area (Å²) < 4.78 is 5.66. The van der Waals surface area contributed by atoms with Gasteiger partial charge in [-0.05, 0) is 52.0 Å². The van der Waals surface area contributed by atoms with Crippen LogP contribution in [0.1, 0.15) is 59.3 Å². The summed E-state index contributed by atoms with van der Waals surface area (Å²) in [5.74, 6) is 0. The Bertz CT molecular complexity index is 279. The summed E-state index contributed by atoms with van der Waals surface area (Å²) in [7, 11) is 0. The number of ether oxygens (including phenoxy) is 1. The Morgan fingerprint density at radius 2 is 1.84 bits per heavy atom. The fraction of sp³-hybridized carbons (Fsp3) is 1.00. The number of nitrogens with zero attached hydrogens (tertiary/aromatic N) is 1. The zero-order valence-corrected chi connectivity index (χ0v) is 13.0. The van der Waals surface area contributed by atoms with Crippen LogP contribution in [0.5, 0.6) is 0 Å². The van der Waals surface area contributed by atoms with Crippen molar-refractivity contribution in [3.63, 3.8) is 0 Å². The highest BCUT2D eigenvalue weighted by atomic mass is 16.5. The van der Waals surface area contributed by atoms with Crippen molar-refractivity contribution in [1.29, 1.82) is 0 Å². The van der Waals surface area contributed by atoms with Gasteiger partial charge in [-0.2, -0.15) is 0 Å². The van der Waals surface area contributed by atoms with E-state index in [-0.39, 0.29) is 11.7 Å². The predicted octanol–water partition coefficient (Wildman–Crippen LogP) is 2.82. The number of aliphatic hydroxyl groups is 1. The molecule has 0 aromatic heterocycles. The minimum Gasteiger partial charge on any atom is -0.389 e. The Hall–Kier alpha value is -0.120. The van der Waals surface area contributed by atoms with Gasteiger partial charge in [0.2, 0.25) is 0 Å². The largest absolute Gasteiger partial charge is 0.389 e. The maximum Gasteiger partial charge on any atom is 0.0900 e. The smallest absolute Gasteiger partial charge is 0.0900 e. The summed E-state index contributed by atoms with van der Waals surface area (Å²) in [6, 6.07) is 0. The van der Waals surface area contributed by atoms with Crippen LogP contribution < -0.4 is 0 Å². The molecule has 0 aromatic rings. The van der Waals surface area contributed by atoms with Crippen molar-refractivity contribution in [3.05, 3.63) is 0 Å². The van der Waals surface area contributed by atoms with E-state index in [9.17, 15) is 5.11 Å². The average molecular weight is 269 g/mol. The van der Waals surface area contributed by atoms with Crippen LogP contribution in [0.4, 0.5) is 0 Å². The van der Waals surface area contributed by atoms with Crippen molar-refractivity contribution in [1.82, 2.24) is 4.90 Å². The highest BCUT2D eigenvalue weighted by Crippen LogP contribution is 2.43. The van der Waals surface area contributed by atoms with Crippen molar-refractivity contribution in [2.75, 3.05) is 26.2 Å². The molecule has 0 aromatic carbocycles. The SMILES string of the molecule is CC(C)(C)OCC(O)CN1CCC2(CCCCC2)C1. The maximum absolute atomic E-state index is 10.1. The molecule has 1 unspecified atom stereocenters. The van der Waals surface area contributed by atoms with Gasteiger partial charge >= 0.3 is 0 Å². The molecule has 2 rings (SSSR count). The summed E-state index contributed by atoms with van der Waals surface area (Å²) in [4.78, 5) is 2.45. The van der Waals surface area contributed by atoms with E-state index in [1.807, 2.05) is 20.8 Å². The molecular weight excluding hydrogens is 238 g/mol. The van der Waals surface area contributed by atoms with Crippen molar-refractivity contribution < 1.29 is 9.84 Å². The van der Waals surface area contributed by atoms with Gasteiger partial charge in [0.1, 0.15) is 0 Å². The van der Waals surface area contributed by atoms with E-state index in [4.69, 9.17) is 4.74 Å². The van der Waals surface area contributed by atoms with Crippen LogP contribution in [0.3, 0.4) is 0 Å². The fourth-order valence-electron chi connectivity index (χ4n) is 3.59. The molecule has 3 nitrogen and oxygen atoms in total. The van der Waals surface area contributed by atoms with Crippen LogP contribution in [0.2, 0.25) is 0 Å². The molecule has 2 fully saturated rings. The highest BCUT2D eigenvalue weighted by molar-refractivity contribution is 4.92. The number of hydrogen-bond acceptors (Lipinski definition) is 3. The maximum atomic E-state index is 10.1. The normalized spacial score (nSPS) is 25.9. The second-order valence-corrected chi connectivity index (χ2v) is 7.62. The minimum atomic E-state index is -0.349. The lowest BCUT2D eigenvalue weighted by atomic mass is 9.73. The van der Waals surface area contributed by atoms with E-state index in [2.05, 4.69) is 4.90 Å². The zero-order valence-electron chi connectivity index (χ0n) is 13.0. The number of likely N-dealkylation sites (tertiary alicyclic amines) is 1. The van der Waals surface area contributed by atoms with E-state index in [1.54, 1.807) is 0 Å². The molecule has 0 radical (unpaired) electrons. The van der Waals surface area contributed by atoms with Crippen LogP contribution >= 0.6 is 0 Å². The highest BCUT2D eigenvalue weighted by Gasteiger charge is 2.38. The summed E-state index contributed by atoms with van der Waals surface area (Å²) >= 11 is 0. The third-order valence-corrected chi connectivity index (χ3v) is 4.61. The molecule has 1 aliphatic carbocycles. The Balaban J connectivity index is 1.72. The number of rotatable bonds is 4. The van der Waals surface area contributed by atoms with Gasteiger partial charge in [0.05, 0.1) is 18.3 Å². The number of β-amino-alcohol motifs (C(OH)–C–C–N with tert-alkyl or cyclic N) is 1. The molecule has 1 aliphatic heterocycles. The molecule has 0 bridgehead atoms. The van der Waals surface area contributed by atoms with Crippen LogP contribution in [0.25, 0.3) is 0 Å². The van der Waals surface area contributed by atoms with Gasteiger partial charge in [0, 0.05) is 13.1 Å². The average Bonchev–Trinajstić information content (AvgIpc) is 2.70. The van der Waals surface area contributed by atoms with Crippen molar-refractivity contribution in [3.8, 4) is 0 Å². The van der Waals surface area contributed by atoms with E-state index >= 15 is 0 Å². The zero-order chi connectivity index (χ0) is 13.9. The first-order valence-electron chi connectivity index (χ1n) is 7.93. The first-order valence-corrected chi connectivity index (χ1v) is 7.93. The molecular formula is C16H31NO2. The van der Waals surface area contributed by atoms with Gasteiger partial charge in [-0.1, -0.05) is 19.3 Å². The Kier molecular flexibility index (Phi) is 4.91. The van der Waals surface area contributed by atoms with Gasteiger partial charge in [-0.3, -0.25) is 0 Å². The molecule has 1 heterocycles. The van der Waals surface area contributed by atoms with E-state index in [0.29, 0.717) is 12.0 Å². The molecule has 3 heteroatoms. The topological polar surface area (TPSA) is 32.7 Å². The van der Waals surface area contributed by atoms with Crippen LogP contribution in [0.15, 0.2) is 0 Å². The van der Waals surface area contributed by atoms with Crippen LogP contribution in [-0.4, -0.2) is 48.0 Å². The molecule has 1 spiro atoms.